The number of likely N-dealkylation sites (N-methyl/N-ethyl adjacent to an activating group) is 1. The van der Waals surface area contributed by atoms with Gasteiger partial charge in [-0.15, -0.1) is 0 Å². The van der Waals surface area contributed by atoms with E-state index in [4.69, 9.17) is 9.84 Å². The minimum absolute atomic E-state index is 0.155. The normalized spacial score (nSPS) is 12.8. The molecular weight excluding hydrogens is 274 g/mol. The lowest BCUT2D eigenvalue weighted by Gasteiger charge is -2.28. The van der Waals surface area contributed by atoms with E-state index in [0.29, 0.717) is 23.9 Å². The van der Waals surface area contributed by atoms with Crippen LogP contribution in [0.2, 0.25) is 0 Å². The van der Waals surface area contributed by atoms with E-state index >= 15 is 0 Å². The van der Waals surface area contributed by atoms with Crippen LogP contribution in [0.5, 0.6) is 0 Å². The summed E-state index contributed by atoms with van der Waals surface area (Å²) < 4.78 is 5.79. The number of rotatable bonds is 11. The largest absolute Gasteiger partial charge is 0.481 e. The SMILES string of the molecule is CC(=O)CCCCCC(=O)OC(CC(=O)O)C[N+](C)(C)C. The molecule has 0 aliphatic rings. The first kappa shape index (κ1) is 19.6. The Labute approximate surface area is 126 Å². The van der Waals surface area contributed by atoms with Gasteiger partial charge in [-0.2, -0.15) is 0 Å². The zero-order chi connectivity index (χ0) is 16.5. The number of ketones is 1. The number of nitrogens with zero attached hydrogens (tertiary/aromatic N) is 1. The molecule has 0 aromatic carbocycles. The van der Waals surface area contributed by atoms with Gasteiger partial charge in [0.1, 0.15) is 12.3 Å². The zero-order valence-electron chi connectivity index (χ0n) is 13.6. The molecule has 1 unspecified atom stereocenters. The third-order valence-corrected chi connectivity index (χ3v) is 2.86. The second-order valence-electron chi connectivity index (χ2n) is 6.45. The fraction of sp³-hybridized carbons (Fsp3) is 0.800. The number of carbonyl (C=O) groups excluding carboxylic acids is 2. The molecule has 1 N–H and O–H groups in total. The van der Waals surface area contributed by atoms with Gasteiger partial charge in [-0.3, -0.25) is 9.59 Å². The molecule has 0 rings (SSSR count). The second kappa shape index (κ2) is 9.50. The molecule has 6 nitrogen and oxygen atoms in total. The number of esters is 1. The van der Waals surface area contributed by atoms with E-state index in [9.17, 15) is 14.4 Å². The Bertz CT molecular complexity index is 360. The van der Waals surface area contributed by atoms with Crippen molar-refractivity contribution in [3.63, 3.8) is 0 Å². The Morgan fingerprint density at radius 3 is 2.10 bits per heavy atom. The first-order chi connectivity index (χ1) is 9.60. The van der Waals surface area contributed by atoms with Gasteiger partial charge in [0.05, 0.1) is 27.6 Å². The van der Waals surface area contributed by atoms with Gasteiger partial charge >= 0.3 is 11.9 Å². The number of carboxylic acid groups (broad SMARTS) is 1. The monoisotopic (exact) mass is 302 g/mol. The minimum Gasteiger partial charge on any atom is -0.481 e. The van der Waals surface area contributed by atoms with Crippen LogP contribution in [0.15, 0.2) is 0 Å². The van der Waals surface area contributed by atoms with E-state index in [1.807, 2.05) is 21.1 Å². The Morgan fingerprint density at radius 1 is 1.05 bits per heavy atom. The number of aliphatic carboxylic acids is 1. The predicted molar refractivity (Wildman–Crippen MR) is 78.8 cm³/mol. The van der Waals surface area contributed by atoms with Crippen molar-refractivity contribution < 1.29 is 28.7 Å². The van der Waals surface area contributed by atoms with E-state index in [1.54, 1.807) is 6.92 Å². The van der Waals surface area contributed by atoms with Crippen LogP contribution in [-0.2, 0) is 19.1 Å². The number of hydrogen-bond donors (Lipinski definition) is 1. The maximum absolute atomic E-state index is 11.7. The van der Waals surface area contributed by atoms with Gasteiger partial charge in [0.15, 0.2) is 6.10 Å². The van der Waals surface area contributed by atoms with Crippen molar-refractivity contribution in [1.82, 2.24) is 0 Å². The summed E-state index contributed by atoms with van der Waals surface area (Å²) in [6.07, 6.45) is 2.27. The number of unbranched alkanes of at least 4 members (excludes halogenated alkanes) is 2. The van der Waals surface area contributed by atoms with Crippen molar-refractivity contribution in [1.29, 1.82) is 0 Å². The van der Waals surface area contributed by atoms with Crippen molar-refractivity contribution in [2.24, 2.45) is 0 Å². The number of carboxylic acids is 1. The molecule has 122 valence electrons. The smallest absolute Gasteiger partial charge is 0.307 e. The summed E-state index contributed by atoms with van der Waals surface area (Å²) in [5.74, 6) is -1.18. The molecule has 0 bridgehead atoms. The van der Waals surface area contributed by atoms with Crippen LogP contribution in [0.4, 0.5) is 0 Å². The van der Waals surface area contributed by atoms with Crippen LogP contribution in [0.1, 0.15) is 45.4 Å². The zero-order valence-corrected chi connectivity index (χ0v) is 13.6. The highest BCUT2D eigenvalue weighted by atomic mass is 16.5. The lowest BCUT2D eigenvalue weighted by atomic mass is 10.1. The second-order valence-corrected chi connectivity index (χ2v) is 6.45. The Kier molecular flexibility index (Phi) is 8.85. The third-order valence-electron chi connectivity index (χ3n) is 2.86. The lowest BCUT2D eigenvalue weighted by molar-refractivity contribution is -0.873. The summed E-state index contributed by atoms with van der Waals surface area (Å²) in [7, 11) is 5.76. The maximum atomic E-state index is 11.7. The molecule has 0 aliphatic carbocycles. The summed E-state index contributed by atoms with van der Waals surface area (Å²) >= 11 is 0. The van der Waals surface area contributed by atoms with Crippen LogP contribution < -0.4 is 0 Å². The fourth-order valence-electron chi connectivity index (χ4n) is 2.01. The average Bonchev–Trinajstić information content (AvgIpc) is 2.24. The van der Waals surface area contributed by atoms with Crippen molar-refractivity contribution in [3.05, 3.63) is 0 Å². The van der Waals surface area contributed by atoms with Crippen molar-refractivity contribution in [2.45, 2.75) is 51.6 Å². The molecule has 0 saturated heterocycles. The number of hydrogen-bond acceptors (Lipinski definition) is 4. The first-order valence-corrected chi connectivity index (χ1v) is 7.31. The van der Waals surface area contributed by atoms with Crippen molar-refractivity contribution in [2.75, 3.05) is 27.7 Å². The quantitative estimate of drug-likeness (QED) is 0.356. The first-order valence-electron chi connectivity index (χ1n) is 7.31. The van der Waals surface area contributed by atoms with Crippen LogP contribution in [0, 0.1) is 0 Å². The fourth-order valence-corrected chi connectivity index (χ4v) is 2.01. The molecule has 0 amide bonds. The maximum Gasteiger partial charge on any atom is 0.307 e. The van der Waals surface area contributed by atoms with E-state index in [1.165, 1.54) is 0 Å². The highest BCUT2D eigenvalue weighted by Crippen LogP contribution is 2.09. The Morgan fingerprint density at radius 2 is 1.62 bits per heavy atom. The van der Waals surface area contributed by atoms with Gasteiger partial charge in [-0.05, 0) is 19.8 Å². The lowest BCUT2D eigenvalue weighted by Crippen LogP contribution is -2.43. The van der Waals surface area contributed by atoms with E-state index in [2.05, 4.69) is 0 Å². The molecule has 6 heteroatoms. The molecule has 21 heavy (non-hydrogen) atoms. The molecule has 0 heterocycles. The van der Waals surface area contributed by atoms with E-state index in [-0.39, 0.29) is 24.6 Å². The molecule has 0 radical (unpaired) electrons. The van der Waals surface area contributed by atoms with Gasteiger partial charge in [0.2, 0.25) is 0 Å². The molecule has 0 aromatic heterocycles. The standard InChI is InChI=1S/C15H27NO5/c1-12(17)8-6-5-7-9-15(20)21-13(10-14(18)19)11-16(2,3)4/h13H,5-11H2,1-4H3/p+1. The van der Waals surface area contributed by atoms with Crippen LogP contribution in [-0.4, -0.2) is 61.1 Å². The van der Waals surface area contributed by atoms with Gasteiger partial charge in [0.25, 0.3) is 0 Å². The number of carbonyl (C=O) groups is 3. The van der Waals surface area contributed by atoms with Crippen molar-refractivity contribution >= 4 is 17.7 Å². The minimum atomic E-state index is -0.970. The van der Waals surface area contributed by atoms with Crippen molar-refractivity contribution in [3.8, 4) is 0 Å². The molecule has 0 fully saturated rings. The van der Waals surface area contributed by atoms with Gasteiger partial charge in [-0.1, -0.05) is 6.42 Å². The highest BCUT2D eigenvalue weighted by molar-refractivity contribution is 5.75. The average molecular weight is 302 g/mol. The Balaban J connectivity index is 4.09. The predicted octanol–water partition coefficient (Wildman–Crippen LogP) is 1.62. The molecule has 1 atom stereocenters. The van der Waals surface area contributed by atoms with Gasteiger partial charge in [0, 0.05) is 12.8 Å². The number of Topliss-reactive ketones (excluding diaryl/α,β-unsaturated/α-hetero) is 1. The van der Waals surface area contributed by atoms with Gasteiger partial charge in [-0.25, -0.2) is 0 Å². The molecule has 0 saturated carbocycles. The van der Waals surface area contributed by atoms with Crippen LogP contribution >= 0.6 is 0 Å². The number of ether oxygens (including phenoxy) is 1. The summed E-state index contributed by atoms with van der Waals surface area (Å²) in [6.45, 7) is 2.01. The van der Waals surface area contributed by atoms with Crippen LogP contribution in [0.25, 0.3) is 0 Å². The van der Waals surface area contributed by atoms with Gasteiger partial charge < -0.3 is 19.1 Å². The molecule has 0 aromatic rings. The number of quaternary nitrogens is 1. The third kappa shape index (κ3) is 13.3. The highest BCUT2D eigenvalue weighted by Gasteiger charge is 2.24. The Hall–Kier alpha value is -1.43. The summed E-state index contributed by atoms with van der Waals surface area (Å²) in [5, 5.41) is 8.86. The summed E-state index contributed by atoms with van der Waals surface area (Å²) in [4.78, 5) is 33.3. The van der Waals surface area contributed by atoms with E-state index in [0.717, 1.165) is 12.8 Å². The molecular formula is C15H28NO5+. The summed E-state index contributed by atoms with van der Waals surface area (Å²) in [6, 6.07) is 0. The van der Waals surface area contributed by atoms with Crippen LogP contribution in [0.3, 0.4) is 0 Å². The summed E-state index contributed by atoms with van der Waals surface area (Å²) in [5.41, 5.74) is 0. The molecule has 0 aliphatic heterocycles. The topological polar surface area (TPSA) is 80.7 Å². The molecule has 0 spiro atoms. The van der Waals surface area contributed by atoms with E-state index < -0.39 is 12.1 Å².